The van der Waals surface area contributed by atoms with E-state index in [0.717, 1.165) is 74.3 Å². The van der Waals surface area contributed by atoms with Crippen molar-refractivity contribution in [3.63, 3.8) is 0 Å². The molecule has 43 heavy (non-hydrogen) atoms. The maximum atomic E-state index is 13.4. The normalized spacial score (nSPS) is 13.7. The first-order valence-electron chi connectivity index (χ1n) is 13.5. The lowest BCUT2D eigenvalue weighted by Crippen LogP contribution is -2.34. The highest BCUT2D eigenvalue weighted by Crippen LogP contribution is 2.31. The van der Waals surface area contributed by atoms with Gasteiger partial charge >= 0.3 is 18.1 Å². The van der Waals surface area contributed by atoms with Crippen LogP contribution < -0.4 is 0 Å². The Morgan fingerprint density at radius 3 is 1.74 bits per heavy atom. The van der Waals surface area contributed by atoms with Crippen LogP contribution in [0.3, 0.4) is 0 Å². The van der Waals surface area contributed by atoms with Crippen LogP contribution >= 0.6 is 0 Å². The van der Waals surface area contributed by atoms with Crippen LogP contribution in [0.2, 0.25) is 0 Å². The Morgan fingerprint density at radius 2 is 1.30 bits per heavy atom. The second-order valence-electron chi connectivity index (χ2n) is 9.88. The van der Waals surface area contributed by atoms with Gasteiger partial charge in [0.15, 0.2) is 0 Å². The van der Waals surface area contributed by atoms with E-state index >= 15 is 0 Å². The fourth-order valence-electron chi connectivity index (χ4n) is 4.55. The fraction of sp³-hybridized carbons (Fsp3) is 0.323. The van der Waals surface area contributed by atoms with Crippen molar-refractivity contribution in [2.75, 3.05) is 19.6 Å². The Balaban J connectivity index is 0.000000765. The summed E-state index contributed by atoms with van der Waals surface area (Å²) in [5.74, 6) is -4.15. The molecule has 0 atom stereocenters. The number of aliphatic carboxylic acids is 2. The molecule has 0 bridgehead atoms. The van der Waals surface area contributed by atoms with Crippen LogP contribution in [0.1, 0.15) is 53.9 Å². The summed E-state index contributed by atoms with van der Waals surface area (Å²) in [4.78, 5) is 25.9. The number of rotatable bonds is 9. The molecule has 1 aliphatic rings. The third-order valence-electron chi connectivity index (χ3n) is 6.83. The Bertz CT molecular complexity index is 1290. The molecule has 1 fully saturated rings. The molecule has 0 radical (unpaired) electrons. The van der Waals surface area contributed by atoms with Crippen LogP contribution in [0.4, 0.5) is 22.0 Å². The molecule has 7 nitrogen and oxygen atoms in total. The maximum Gasteiger partial charge on any atom is 0.416 e. The Labute approximate surface area is 245 Å². The zero-order valence-corrected chi connectivity index (χ0v) is 23.1. The zero-order chi connectivity index (χ0) is 31.4. The van der Waals surface area contributed by atoms with Gasteiger partial charge in [0.25, 0.3) is 0 Å². The lowest BCUT2D eigenvalue weighted by molar-refractivity contribution is -0.159. The molecule has 0 aromatic heterocycles. The molecule has 1 aliphatic heterocycles. The number of likely N-dealkylation sites (tertiary alicyclic amines) is 1. The van der Waals surface area contributed by atoms with Gasteiger partial charge in [-0.25, -0.2) is 18.4 Å². The first-order chi connectivity index (χ1) is 20.4. The summed E-state index contributed by atoms with van der Waals surface area (Å²) in [6.45, 7) is 2.72. The standard InChI is InChI=1S/C29H29F5N2O.C2H2O4/c30-25-11-5-22(6-12-25)28(23-7-13-26(31)14-8-23)2-1-17-36-18-15-27(16-19-36)35-37-20-21-3-9-24(10-4-21)29(32,33)34;3-1(4)2(5)6/h3-14,28H,1-2,15-20H2;(H,3,4)(H,5,6). The van der Waals surface area contributed by atoms with Crippen molar-refractivity contribution in [1.29, 1.82) is 0 Å². The van der Waals surface area contributed by atoms with Crippen molar-refractivity contribution >= 4 is 17.7 Å². The molecule has 12 heteroatoms. The Hall–Kier alpha value is -4.32. The number of halogens is 5. The van der Waals surface area contributed by atoms with E-state index in [4.69, 9.17) is 24.6 Å². The molecule has 0 saturated carbocycles. The zero-order valence-electron chi connectivity index (χ0n) is 23.1. The molecule has 3 aromatic rings. The summed E-state index contributed by atoms with van der Waals surface area (Å²) in [6, 6.07) is 17.9. The number of oxime groups is 1. The van der Waals surface area contributed by atoms with E-state index < -0.39 is 23.7 Å². The summed E-state index contributed by atoms with van der Waals surface area (Å²) in [5.41, 5.74) is 2.90. The molecule has 1 heterocycles. The molecule has 0 unspecified atom stereocenters. The van der Waals surface area contributed by atoms with E-state index in [1.54, 1.807) is 24.3 Å². The van der Waals surface area contributed by atoms with Gasteiger partial charge in [-0.05, 0) is 72.5 Å². The first kappa shape index (κ1) is 33.2. The quantitative estimate of drug-likeness (QED) is 0.159. The van der Waals surface area contributed by atoms with Gasteiger partial charge in [0.1, 0.15) is 18.2 Å². The molecule has 2 N–H and O–H groups in total. The monoisotopic (exact) mass is 606 g/mol. The summed E-state index contributed by atoms with van der Waals surface area (Å²) < 4.78 is 64.9. The summed E-state index contributed by atoms with van der Waals surface area (Å²) in [6.07, 6.45) is -1.03. The average molecular weight is 607 g/mol. The van der Waals surface area contributed by atoms with Crippen LogP contribution in [0.25, 0.3) is 0 Å². The van der Waals surface area contributed by atoms with E-state index in [2.05, 4.69) is 10.1 Å². The van der Waals surface area contributed by atoms with Crippen LogP contribution in [-0.4, -0.2) is 52.4 Å². The Kier molecular flexibility index (Phi) is 12.2. The predicted molar refractivity (Wildman–Crippen MR) is 148 cm³/mol. The van der Waals surface area contributed by atoms with E-state index in [-0.39, 0.29) is 24.2 Å². The summed E-state index contributed by atoms with van der Waals surface area (Å²) in [5, 5.41) is 19.0. The third kappa shape index (κ3) is 11.1. The number of hydrogen-bond acceptors (Lipinski definition) is 5. The largest absolute Gasteiger partial charge is 0.473 e. The molecular formula is C31H31F5N2O5. The average Bonchev–Trinajstić information content (AvgIpc) is 2.97. The smallest absolute Gasteiger partial charge is 0.416 e. The highest BCUT2D eigenvalue weighted by Gasteiger charge is 2.30. The van der Waals surface area contributed by atoms with Gasteiger partial charge in [-0.1, -0.05) is 41.6 Å². The number of piperidine rings is 1. The first-order valence-corrected chi connectivity index (χ1v) is 13.5. The molecule has 0 aliphatic carbocycles. The highest BCUT2D eigenvalue weighted by atomic mass is 19.4. The van der Waals surface area contributed by atoms with Crippen LogP contribution in [0.5, 0.6) is 0 Å². The van der Waals surface area contributed by atoms with E-state index in [0.29, 0.717) is 5.56 Å². The SMILES string of the molecule is Fc1ccc(C(CCCN2CCC(=NOCc3ccc(C(F)(F)F)cc3)CC2)c2ccc(F)cc2)cc1.O=C(O)C(=O)O. The number of hydrogen-bond donors (Lipinski definition) is 2. The molecule has 0 spiro atoms. The number of nitrogens with zero attached hydrogens (tertiary/aromatic N) is 2. The number of alkyl halides is 3. The third-order valence-corrected chi connectivity index (χ3v) is 6.83. The van der Waals surface area contributed by atoms with Gasteiger partial charge in [0, 0.05) is 31.8 Å². The summed E-state index contributed by atoms with van der Waals surface area (Å²) >= 11 is 0. The number of benzene rings is 3. The van der Waals surface area contributed by atoms with Gasteiger partial charge in [-0.15, -0.1) is 0 Å². The van der Waals surface area contributed by atoms with Gasteiger partial charge in [0.05, 0.1) is 11.3 Å². The Morgan fingerprint density at radius 1 is 0.814 bits per heavy atom. The minimum Gasteiger partial charge on any atom is -0.473 e. The topological polar surface area (TPSA) is 99.4 Å². The van der Waals surface area contributed by atoms with Crippen molar-refractivity contribution in [1.82, 2.24) is 4.90 Å². The van der Waals surface area contributed by atoms with Crippen molar-refractivity contribution in [2.45, 2.75) is 44.4 Å². The van der Waals surface area contributed by atoms with Gasteiger partial charge in [0.2, 0.25) is 0 Å². The molecule has 1 saturated heterocycles. The van der Waals surface area contributed by atoms with E-state index in [1.807, 2.05) is 0 Å². The summed E-state index contributed by atoms with van der Waals surface area (Å²) in [7, 11) is 0. The van der Waals surface area contributed by atoms with Gasteiger partial charge in [-0.2, -0.15) is 13.2 Å². The van der Waals surface area contributed by atoms with Crippen LogP contribution in [0, 0.1) is 11.6 Å². The lowest BCUT2D eigenvalue weighted by atomic mass is 9.87. The molecule has 4 rings (SSSR count). The predicted octanol–water partition coefficient (Wildman–Crippen LogP) is 6.72. The van der Waals surface area contributed by atoms with Crippen molar-refractivity contribution in [2.24, 2.45) is 5.16 Å². The second-order valence-corrected chi connectivity index (χ2v) is 9.88. The van der Waals surface area contributed by atoms with Crippen molar-refractivity contribution < 1.29 is 46.6 Å². The second kappa shape index (κ2) is 15.8. The fourth-order valence-corrected chi connectivity index (χ4v) is 4.55. The van der Waals surface area contributed by atoms with Crippen LogP contribution in [-0.2, 0) is 27.2 Å². The molecule has 3 aromatic carbocycles. The van der Waals surface area contributed by atoms with Crippen molar-refractivity contribution in [3.05, 3.63) is 107 Å². The minimum absolute atomic E-state index is 0.0571. The van der Waals surface area contributed by atoms with E-state index in [1.165, 1.54) is 36.4 Å². The molecule has 0 amide bonds. The van der Waals surface area contributed by atoms with Crippen molar-refractivity contribution in [3.8, 4) is 0 Å². The van der Waals surface area contributed by atoms with E-state index in [9.17, 15) is 22.0 Å². The molecular weight excluding hydrogens is 575 g/mol. The maximum absolute atomic E-state index is 13.4. The minimum atomic E-state index is -4.35. The highest BCUT2D eigenvalue weighted by molar-refractivity contribution is 6.27. The van der Waals surface area contributed by atoms with Gasteiger partial charge in [-0.3, -0.25) is 0 Å². The van der Waals surface area contributed by atoms with Crippen LogP contribution in [0.15, 0.2) is 78.0 Å². The number of carboxylic acids is 2. The number of carbonyl (C=O) groups is 2. The lowest BCUT2D eigenvalue weighted by Gasteiger charge is -2.28. The van der Waals surface area contributed by atoms with Gasteiger partial charge < -0.3 is 20.0 Å². The number of carboxylic acid groups (broad SMARTS) is 2. The molecule has 230 valence electrons.